The van der Waals surface area contributed by atoms with Gasteiger partial charge in [-0.2, -0.15) is 5.10 Å². The quantitative estimate of drug-likeness (QED) is 0.642. The second-order valence-corrected chi connectivity index (χ2v) is 8.08. The summed E-state index contributed by atoms with van der Waals surface area (Å²) in [5.74, 6) is 0.692. The van der Waals surface area contributed by atoms with E-state index in [0.717, 1.165) is 22.2 Å². The molecule has 3 aromatic rings. The van der Waals surface area contributed by atoms with Gasteiger partial charge in [-0.25, -0.2) is 5.01 Å². The lowest BCUT2D eigenvalue weighted by Crippen LogP contribution is -2.65. The van der Waals surface area contributed by atoms with Crippen LogP contribution in [0.1, 0.15) is 23.7 Å². The number of hydrogen-bond acceptors (Lipinski definition) is 5. The molecular formula is C24H24N4O4. The molecule has 5 rings (SSSR count). The number of nitrogens with one attached hydrogen (secondary N) is 1. The third-order valence-corrected chi connectivity index (χ3v) is 6.43. The first-order valence-corrected chi connectivity index (χ1v) is 10.5. The number of amides is 2. The molecule has 8 nitrogen and oxygen atoms in total. The van der Waals surface area contributed by atoms with E-state index < -0.39 is 5.54 Å². The number of H-pyrrole nitrogens is 1. The number of carbonyl (C=O) groups is 2. The topological polar surface area (TPSA) is 87.2 Å². The number of hydrazone groups is 1. The highest BCUT2D eigenvalue weighted by Crippen LogP contribution is 2.42. The van der Waals surface area contributed by atoms with E-state index in [1.54, 1.807) is 32.1 Å². The number of piperazine rings is 1. The van der Waals surface area contributed by atoms with Crippen LogP contribution in [0, 0.1) is 0 Å². The van der Waals surface area contributed by atoms with Gasteiger partial charge in [-0.3, -0.25) is 9.59 Å². The van der Waals surface area contributed by atoms with Gasteiger partial charge >= 0.3 is 0 Å². The van der Waals surface area contributed by atoms with Crippen molar-refractivity contribution in [2.24, 2.45) is 5.10 Å². The summed E-state index contributed by atoms with van der Waals surface area (Å²) in [5.41, 5.74) is 2.32. The molecule has 1 atom stereocenters. The van der Waals surface area contributed by atoms with Crippen molar-refractivity contribution >= 4 is 28.9 Å². The van der Waals surface area contributed by atoms with Gasteiger partial charge in [0, 0.05) is 23.0 Å². The Morgan fingerprint density at radius 2 is 1.91 bits per heavy atom. The van der Waals surface area contributed by atoms with E-state index in [9.17, 15) is 9.59 Å². The number of para-hydroxylation sites is 2. The molecule has 164 valence electrons. The average Bonchev–Trinajstić information content (AvgIpc) is 3.20. The molecule has 0 spiro atoms. The second kappa shape index (κ2) is 7.40. The number of ether oxygens (including phenoxy) is 2. The second-order valence-electron chi connectivity index (χ2n) is 8.08. The molecule has 1 unspecified atom stereocenters. The van der Waals surface area contributed by atoms with Crippen LogP contribution in [-0.2, 0) is 21.5 Å². The average molecular weight is 432 g/mol. The van der Waals surface area contributed by atoms with Gasteiger partial charge in [0.25, 0.3) is 5.91 Å². The largest absolute Gasteiger partial charge is 0.493 e. The number of aromatic amines is 1. The first-order chi connectivity index (χ1) is 15.5. The van der Waals surface area contributed by atoms with Crippen molar-refractivity contribution in [3.05, 3.63) is 59.3 Å². The zero-order chi connectivity index (χ0) is 22.5. The minimum Gasteiger partial charge on any atom is -0.493 e. The molecule has 2 amide bonds. The Morgan fingerprint density at radius 1 is 1.09 bits per heavy atom. The lowest BCUT2D eigenvalue weighted by Gasteiger charge is -2.48. The maximum Gasteiger partial charge on any atom is 0.275 e. The lowest BCUT2D eigenvalue weighted by atomic mass is 9.83. The molecule has 1 saturated heterocycles. The Balaban J connectivity index is 1.55. The summed E-state index contributed by atoms with van der Waals surface area (Å²) >= 11 is 0. The fraction of sp³-hybridized carbons (Fsp3) is 0.292. The van der Waals surface area contributed by atoms with E-state index in [4.69, 9.17) is 9.47 Å². The van der Waals surface area contributed by atoms with Gasteiger partial charge in [0.15, 0.2) is 17.0 Å². The summed E-state index contributed by atoms with van der Waals surface area (Å²) in [7, 11) is 3.10. The van der Waals surface area contributed by atoms with Gasteiger partial charge in [-0.15, -0.1) is 0 Å². The van der Waals surface area contributed by atoms with Crippen molar-refractivity contribution in [2.45, 2.75) is 18.9 Å². The number of carbonyl (C=O) groups excluding carboxylic acids is 2. The van der Waals surface area contributed by atoms with Crippen molar-refractivity contribution in [2.75, 3.05) is 27.3 Å². The molecule has 0 saturated carbocycles. The number of methoxy groups -OCH3 is 2. The number of benzene rings is 2. The fourth-order valence-corrected chi connectivity index (χ4v) is 4.83. The van der Waals surface area contributed by atoms with Gasteiger partial charge in [0.05, 0.1) is 26.1 Å². The molecule has 1 N–H and O–H groups in total. The van der Waals surface area contributed by atoms with Gasteiger partial charge in [0.1, 0.15) is 6.54 Å². The Bertz CT molecular complexity index is 1260. The van der Waals surface area contributed by atoms with E-state index >= 15 is 0 Å². The summed E-state index contributed by atoms with van der Waals surface area (Å²) in [5, 5.41) is 6.73. The van der Waals surface area contributed by atoms with Crippen LogP contribution in [0.5, 0.6) is 11.5 Å². The van der Waals surface area contributed by atoms with Gasteiger partial charge in [0.2, 0.25) is 5.91 Å². The fourth-order valence-electron chi connectivity index (χ4n) is 4.83. The Hall–Kier alpha value is -3.81. The lowest BCUT2D eigenvalue weighted by molar-refractivity contribution is -0.165. The zero-order valence-corrected chi connectivity index (χ0v) is 18.2. The molecule has 3 heterocycles. The highest BCUT2D eigenvalue weighted by molar-refractivity contribution is 6.01. The van der Waals surface area contributed by atoms with E-state index in [1.165, 1.54) is 11.2 Å². The number of nitrogens with zero attached hydrogens (tertiary/aromatic N) is 3. The minimum atomic E-state index is -1.14. The maximum atomic E-state index is 13.7. The van der Waals surface area contributed by atoms with Crippen LogP contribution in [0.3, 0.4) is 0 Å². The van der Waals surface area contributed by atoms with Crippen molar-refractivity contribution in [1.29, 1.82) is 0 Å². The van der Waals surface area contributed by atoms with Crippen molar-refractivity contribution < 1.29 is 19.1 Å². The van der Waals surface area contributed by atoms with Crippen molar-refractivity contribution in [3.8, 4) is 11.5 Å². The number of hydrogen-bond donors (Lipinski definition) is 1. The van der Waals surface area contributed by atoms with Gasteiger partial charge < -0.3 is 19.4 Å². The number of aromatic nitrogens is 1. The molecule has 1 fully saturated rings. The highest BCUT2D eigenvalue weighted by atomic mass is 16.5. The molecule has 0 aliphatic carbocycles. The SMILES string of the molecule is COc1cccc(C=NN2CC(=O)N3CCc4c([nH]c5ccccc45)C3(C)C2=O)c1OC. The Kier molecular flexibility index (Phi) is 4.65. The summed E-state index contributed by atoms with van der Waals surface area (Å²) < 4.78 is 10.8. The summed E-state index contributed by atoms with van der Waals surface area (Å²) in [6, 6.07) is 13.4. The zero-order valence-electron chi connectivity index (χ0n) is 18.2. The number of rotatable bonds is 4. The predicted molar refractivity (Wildman–Crippen MR) is 120 cm³/mol. The number of fused-ring (bicyclic) bond motifs is 5. The molecule has 1 aromatic heterocycles. The van der Waals surface area contributed by atoms with Crippen molar-refractivity contribution in [1.82, 2.24) is 14.9 Å². The maximum absolute atomic E-state index is 13.7. The van der Waals surface area contributed by atoms with Crippen LogP contribution < -0.4 is 9.47 Å². The standard InChI is InChI=1S/C24H24N4O4/c1-24-22-17(16-8-4-5-9-18(16)26-22)11-12-27(24)20(29)14-28(23(24)30)25-13-15-7-6-10-19(31-2)21(15)32-3/h4-10,13,26H,11-12,14H2,1-3H3. The normalized spacial score (nSPS) is 20.6. The Morgan fingerprint density at radius 3 is 2.69 bits per heavy atom. The Labute approximate surface area is 185 Å². The highest BCUT2D eigenvalue weighted by Gasteiger charge is 2.54. The first kappa shape index (κ1) is 20.1. The van der Waals surface area contributed by atoms with E-state index in [0.29, 0.717) is 30.0 Å². The molecule has 2 aliphatic rings. The predicted octanol–water partition coefficient (Wildman–Crippen LogP) is 2.66. The molecular weight excluding hydrogens is 408 g/mol. The van der Waals surface area contributed by atoms with Crippen LogP contribution in [-0.4, -0.2) is 60.2 Å². The van der Waals surface area contributed by atoms with Crippen molar-refractivity contribution in [3.63, 3.8) is 0 Å². The third-order valence-electron chi connectivity index (χ3n) is 6.43. The molecule has 0 bridgehead atoms. The van der Waals surface area contributed by atoms with E-state index in [2.05, 4.69) is 10.1 Å². The van der Waals surface area contributed by atoms with Crippen LogP contribution in [0.4, 0.5) is 0 Å². The smallest absolute Gasteiger partial charge is 0.275 e. The molecule has 2 aromatic carbocycles. The third kappa shape index (κ3) is 2.79. The first-order valence-electron chi connectivity index (χ1n) is 10.5. The molecule has 8 heteroatoms. The van der Waals surface area contributed by atoms with Crippen LogP contribution in [0.2, 0.25) is 0 Å². The van der Waals surface area contributed by atoms with E-state index in [-0.39, 0.29) is 18.4 Å². The van der Waals surface area contributed by atoms with Gasteiger partial charge in [-0.05, 0) is 37.1 Å². The van der Waals surface area contributed by atoms with Crippen LogP contribution in [0.15, 0.2) is 47.6 Å². The minimum absolute atomic E-state index is 0.104. The summed E-state index contributed by atoms with van der Waals surface area (Å²) in [4.78, 5) is 31.8. The van der Waals surface area contributed by atoms with Crippen LogP contribution in [0.25, 0.3) is 10.9 Å². The summed E-state index contributed by atoms with van der Waals surface area (Å²) in [6.07, 6.45) is 2.23. The monoisotopic (exact) mass is 432 g/mol. The molecule has 2 aliphatic heterocycles. The van der Waals surface area contributed by atoms with Gasteiger partial charge in [-0.1, -0.05) is 24.3 Å². The van der Waals surface area contributed by atoms with E-state index in [1.807, 2.05) is 36.4 Å². The summed E-state index contributed by atoms with van der Waals surface area (Å²) in [6.45, 7) is 2.19. The van der Waals surface area contributed by atoms with Crippen LogP contribution >= 0.6 is 0 Å². The molecule has 32 heavy (non-hydrogen) atoms. The molecule has 0 radical (unpaired) electrons.